The Morgan fingerprint density at radius 3 is 2.64 bits per heavy atom. The van der Waals surface area contributed by atoms with Crippen molar-refractivity contribution in [2.75, 3.05) is 36.4 Å². The number of carbonyl (C=O) groups excluding carboxylic acids is 1. The second-order valence-electron chi connectivity index (χ2n) is 6.50. The lowest BCUT2D eigenvalue weighted by molar-refractivity contribution is -0.119. The van der Waals surface area contributed by atoms with Crippen molar-refractivity contribution in [3.63, 3.8) is 0 Å². The van der Waals surface area contributed by atoms with Crippen LogP contribution in [0.2, 0.25) is 0 Å². The zero-order chi connectivity index (χ0) is 17.3. The molecule has 0 bridgehead atoms. The number of hydrogen-bond donors (Lipinski definition) is 2. The smallest absolute Gasteiger partial charge is 0.239 e. The average Bonchev–Trinajstić information content (AvgIpc) is 2.85. The lowest BCUT2D eigenvalue weighted by Crippen LogP contribution is -2.38. The van der Waals surface area contributed by atoms with Gasteiger partial charge in [0, 0.05) is 31.0 Å². The number of para-hydroxylation sites is 2. The summed E-state index contributed by atoms with van der Waals surface area (Å²) in [5.74, 6) is 0.108. The molecule has 1 amide bonds. The molecule has 0 saturated heterocycles. The van der Waals surface area contributed by atoms with Crippen LogP contribution in [0, 0.1) is 0 Å². The molecular formula is C21H27N3O. The van der Waals surface area contributed by atoms with Gasteiger partial charge in [0.05, 0.1) is 6.54 Å². The molecule has 0 fully saturated rings. The van der Waals surface area contributed by atoms with E-state index in [0.29, 0.717) is 13.1 Å². The van der Waals surface area contributed by atoms with Gasteiger partial charge in [-0.2, -0.15) is 0 Å². The van der Waals surface area contributed by atoms with Crippen LogP contribution < -0.4 is 15.5 Å². The monoisotopic (exact) mass is 337 g/mol. The minimum atomic E-state index is 0.108. The van der Waals surface area contributed by atoms with E-state index in [1.807, 2.05) is 18.2 Å². The number of carbonyl (C=O) groups is 1. The summed E-state index contributed by atoms with van der Waals surface area (Å²) in [5.41, 5.74) is 3.70. The van der Waals surface area contributed by atoms with Gasteiger partial charge in [-0.1, -0.05) is 36.4 Å². The molecule has 0 radical (unpaired) electrons. The van der Waals surface area contributed by atoms with Gasteiger partial charge in [-0.15, -0.1) is 0 Å². The summed E-state index contributed by atoms with van der Waals surface area (Å²) in [7, 11) is 0. The summed E-state index contributed by atoms with van der Waals surface area (Å²) >= 11 is 0. The number of benzene rings is 2. The van der Waals surface area contributed by atoms with Gasteiger partial charge in [0.2, 0.25) is 5.91 Å². The summed E-state index contributed by atoms with van der Waals surface area (Å²) in [4.78, 5) is 14.5. The minimum absolute atomic E-state index is 0.108. The summed E-state index contributed by atoms with van der Waals surface area (Å²) < 4.78 is 0. The van der Waals surface area contributed by atoms with Crippen LogP contribution in [0.5, 0.6) is 0 Å². The maximum Gasteiger partial charge on any atom is 0.239 e. The van der Waals surface area contributed by atoms with Crippen molar-refractivity contribution in [1.82, 2.24) is 5.32 Å². The van der Waals surface area contributed by atoms with Crippen LogP contribution in [0.3, 0.4) is 0 Å². The third-order valence-electron chi connectivity index (χ3n) is 4.57. The number of rotatable bonds is 7. The molecule has 0 saturated carbocycles. The Hall–Kier alpha value is -2.49. The molecule has 2 aromatic carbocycles. The first kappa shape index (κ1) is 17.3. The largest absolute Gasteiger partial charge is 0.385 e. The third-order valence-corrected chi connectivity index (χ3v) is 4.57. The fourth-order valence-corrected chi connectivity index (χ4v) is 3.27. The number of nitrogens with one attached hydrogen (secondary N) is 2. The molecule has 25 heavy (non-hydrogen) atoms. The number of anilines is 2. The van der Waals surface area contributed by atoms with Gasteiger partial charge < -0.3 is 15.5 Å². The maximum atomic E-state index is 12.3. The van der Waals surface area contributed by atoms with Gasteiger partial charge in [0.25, 0.3) is 0 Å². The molecule has 4 heteroatoms. The van der Waals surface area contributed by atoms with Crippen LogP contribution in [0.25, 0.3) is 0 Å². The predicted molar refractivity (Wildman–Crippen MR) is 104 cm³/mol. The Kier molecular flexibility index (Phi) is 6.32. The first-order valence-electron chi connectivity index (χ1n) is 9.21. The van der Waals surface area contributed by atoms with Gasteiger partial charge in [0.15, 0.2) is 0 Å². The second kappa shape index (κ2) is 9.11. The average molecular weight is 337 g/mol. The van der Waals surface area contributed by atoms with Crippen molar-refractivity contribution in [2.24, 2.45) is 0 Å². The van der Waals surface area contributed by atoms with Crippen LogP contribution in [0.1, 0.15) is 24.8 Å². The van der Waals surface area contributed by atoms with Crippen molar-refractivity contribution in [1.29, 1.82) is 0 Å². The standard InChI is InChI=1S/C21H27N3O/c25-21(23-15-8-14-22-19-11-2-1-3-12-19)17-24-16-7-6-10-18-9-4-5-13-20(18)24/h1-5,9,11-13,22H,6-8,10,14-17H2,(H,23,25). The van der Waals surface area contributed by atoms with Crippen molar-refractivity contribution in [3.05, 3.63) is 60.2 Å². The molecule has 1 heterocycles. The van der Waals surface area contributed by atoms with Crippen molar-refractivity contribution >= 4 is 17.3 Å². The first-order valence-corrected chi connectivity index (χ1v) is 9.21. The molecule has 132 valence electrons. The predicted octanol–water partition coefficient (Wildman–Crippen LogP) is 3.45. The molecule has 2 N–H and O–H groups in total. The zero-order valence-corrected chi connectivity index (χ0v) is 14.7. The van der Waals surface area contributed by atoms with Gasteiger partial charge in [-0.05, 0) is 49.4 Å². The van der Waals surface area contributed by atoms with Gasteiger partial charge in [-0.25, -0.2) is 0 Å². The van der Waals surface area contributed by atoms with E-state index in [4.69, 9.17) is 0 Å². The minimum Gasteiger partial charge on any atom is -0.385 e. The Bertz CT molecular complexity index is 672. The van der Waals surface area contributed by atoms with Crippen molar-refractivity contribution in [3.8, 4) is 0 Å². The summed E-state index contributed by atoms with van der Waals surface area (Å²) in [5, 5.41) is 6.41. The third kappa shape index (κ3) is 5.24. The molecule has 0 aromatic heterocycles. The van der Waals surface area contributed by atoms with Crippen LogP contribution in [-0.4, -0.2) is 32.1 Å². The molecule has 0 spiro atoms. The SMILES string of the molecule is O=C(CN1CCCCc2ccccc21)NCCCNc1ccccc1. The molecule has 4 nitrogen and oxygen atoms in total. The van der Waals surface area contributed by atoms with Crippen LogP contribution in [0.15, 0.2) is 54.6 Å². The molecule has 0 atom stereocenters. The zero-order valence-electron chi connectivity index (χ0n) is 14.7. The normalized spacial score (nSPS) is 13.7. The van der Waals surface area contributed by atoms with Crippen LogP contribution in [0.4, 0.5) is 11.4 Å². The topological polar surface area (TPSA) is 44.4 Å². The number of amides is 1. The maximum absolute atomic E-state index is 12.3. The molecule has 3 rings (SSSR count). The Balaban J connectivity index is 1.40. The number of nitrogens with zero attached hydrogens (tertiary/aromatic N) is 1. The number of hydrogen-bond acceptors (Lipinski definition) is 3. The molecule has 0 aliphatic carbocycles. The Labute approximate surface area is 150 Å². The lowest BCUT2D eigenvalue weighted by atomic mass is 10.1. The highest BCUT2D eigenvalue weighted by Gasteiger charge is 2.16. The van der Waals surface area contributed by atoms with E-state index in [1.165, 1.54) is 17.7 Å². The highest BCUT2D eigenvalue weighted by atomic mass is 16.2. The van der Waals surface area contributed by atoms with E-state index >= 15 is 0 Å². The summed E-state index contributed by atoms with van der Waals surface area (Å²) in [6.45, 7) is 2.97. The van der Waals surface area contributed by atoms with E-state index < -0.39 is 0 Å². The summed E-state index contributed by atoms with van der Waals surface area (Å²) in [6, 6.07) is 18.6. The lowest BCUT2D eigenvalue weighted by Gasteiger charge is -2.24. The Morgan fingerprint density at radius 1 is 0.960 bits per heavy atom. The number of fused-ring (bicyclic) bond motifs is 1. The van der Waals surface area contributed by atoms with Gasteiger partial charge in [0.1, 0.15) is 0 Å². The molecular weight excluding hydrogens is 310 g/mol. The van der Waals surface area contributed by atoms with E-state index in [9.17, 15) is 4.79 Å². The van der Waals surface area contributed by atoms with Crippen LogP contribution >= 0.6 is 0 Å². The molecule has 1 aliphatic rings. The summed E-state index contributed by atoms with van der Waals surface area (Å²) in [6.07, 6.45) is 4.36. The molecule has 0 unspecified atom stereocenters. The van der Waals surface area contributed by atoms with Crippen LogP contribution in [-0.2, 0) is 11.2 Å². The van der Waals surface area contributed by atoms with E-state index in [0.717, 1.165) is 38.0 Å². The quantitative estimate of drug-likeness (QED) is 0.761. The fraction of sp³-hybridized carbons (Fsp3) is 0.381. The molecule has 2 aromatic rings. The van der Waals surface area contributed by atoms with E-state index in [-0.39, 0.29) is 5.91 Å². The van der Waals surface area contributed by atoms with Gasteiger partial charge in [-0.3, -0.25) is 4.79 Å². The van der Waals surface area contributed by atoms with Crippen molar-refractivity contribution in [2.45, 2.75) is 25.7 Å². The van der Waals surface area contributed by atoms with Gasteiger partial charge >= 0.3 is 0 Å². The Morgan fingerprint density at radius 2 is 1.76 bits per heavy atom. The van der Waals surface area contributed by atoms with E-state index in [1.54, 1.807) is 0 Å². The second-order valence-corrected chi connectivity index (χ2v) is 6.50. The highest BCUT2D eigenvalue weighted by Crippen LogP contribution is 2.25. The fourth-order valence-electron chi connectivity index (χ4n) is 3.27. The highest BCUT2D eigenvalue weighted by molar-refractivity contribution is 5.81. The first-order chi connectivity index (χ1) is 12.3. The number of aryl methyl sites for hydroxylation is 1. The van der Waals surface area contributed by atoms with Crippen molar-refractivity contribution < 1.29 is 4.79 Å². The molecule has 1 aliphatic heterocycles. The van der Waals surface area contributed by atoms with E-state index in [2.05, 4.69) is 51.9 Å².